The average molecular weight is 448 g/mol. The third-order valence-electron chi connectivity index (χ3n) is 4.46. The summed E-state index contributed by atoms with van der Waals surface area (Å²) < 4.78 is 26.6. The monoisotopic (exact) mass is 448 g/mol. The van der Waals surface area contributed by atoms with Gasteiger partial charge in [0.1, 0.15) is 17.1 Å². The van der Waals surface area contributed by atoms with Crippen LogP contribution in [-0.4, -0.2) is 35.0 Å². The van der Waals surface area contributed by atoms with Crippen LogP contribution in [0.1, 0.15) is 18.4 Å². The van der Waals surface area contributed by atoms with Crippen LogP contribution in [0.3, 0.4) is 0 Å². The molecule has 0 spiro atoms. The van der Waals surface area contributed by atoms with Gasteiger partial charge in [0.15, 0.2) is 0 Å². The summed E-state index contributed by atoms with van der Waals surface area (Å²) in [6, 6.07) is 12.0. The number of hydrogen-bond donors (Lipinski definition) is 4. The Morgan fingerprint density at radius 3 is 2.61 bits per heavy atom. The van der Waals surface area contributed by atoms with Crippen molar-refractivity contribution in [2.45, 2.75) is 30.9 Å². The van der Waals surface area contributed by atoms with Gasteiger partial charge in [0.05, 0.1) is 11.4 Å². The Morgan fingerprint density at radius 2 is 1.87 bits per heavy atom. The number of carbonyl (C=O) groups excluding carboxylic acids is 3. The summed E-state index contributed by atoms with van der Waals surface area (Å²) in [7, 11) is 0. The number of anilines is 1. The first-order valence-corrected chi connectivity index (χ1v) is 10.7. The maximum absolute atomic E-state index is 13.6. The fraction of sp³-hybridized carbons (Fsp3) is 0.286. The van der Waals surface area contributed by atoms with Gasteiger partial charge in [0.25, 0.3) is 0 Å². The van der Waals surface area contributed by atoms with Crippen molar-refractivity contribution in [3.05, 3.63) is 65.7 Å². The number of hydrogen-bond acceptors (Lipinski definition) is 5. The summed E-state index contributed by atoms with van der Waals surface area (Å²) in [4.78, 5) is 36.2. The largest absolute Gasteiger partial charge is 0.352 e. The molecule has 7 nitrogen and oxygen atoms in total. The van der Waals surface area contributed by atoms with Crippen molar-refractivity contribution >= 4 is 35.2 Å². The van der Waals surface area contributed by atoms with Gasteiger partial charge in [-0.25, -0.2) is 8.78 Å². The maximum atomic E-state index is 13.6. The van der Waals surface area contributed by atoms with E-state index in [0.717, 1.165) is 29.5 Å². The van der Waals surface area contributed by atoms with E-state index < -0.39 is 23.0 Å². The van der Waals surface area contributed by atoms with Crippen LogP contribution in [0.4, 0.5) is 14.5 Å². The van der Waals surface area contributed by atoms with E-state index in [9.17, 15) is 23.2 Å². The number of carbonyl (C=O) groups is 3. The fourth-order valence-corrected chi connectivity index (χ4v) is 3.89. The number of rotatable bonds is 8. The molecule has 1 saturated heterocycles. The molecule has 0 saturated carbocycles. The third kappa shape index (κ3) is 7.34. The molecular weight excluding hydrogens is 426 g/mol. The van der Waals surface area contributed by atoms with Crippen LogP contribution in [0.25, 0.3) is 0 Å². The van der Waals surface area contributed by atoms with Gasteiger partial charge in [-0.15, -0.1) is 11.8 Å². The second kappa shape index (κ2) is 10.9. The zero-order chi connectivity index (χ0) is 22.2. The van der Waals surface area contributed by atoms with Gasteiger partial charge in [0.2, 0.25) is 17.7 Å². The molecule has 4 N–H and O–H groups in total. The molecule has 1 aliphatic rings. The van der Waals surface area contributed by atoms with Gasteiger partial charge in [-0.2, -0.15) is 0 Å². The average Bonchev–Trinajstić information content (AvgIpc) is 2.73. The quantitative estimate of drug-likeness (QED) is 0.496. The Bertz CT molecular complexity index is 945. The van der Waals surface area contributed by atoms with Crippen molar-refractivity contribution in [1.82, 2.24) is 16.0 Å². The van der Waals surface area contributed by atoms with Crippen LogP contribution in [0, 0.1) is 11.6 Å². The second-order valence-electron chi connectivity index (χ2n) is 6.97. The Kier molecular flexibility index (Phi) is 7.96. The molecule has 0 aliphatic carbocycles. The highest BCUT2D eigenvalue weighted by atomic mass is 32.2. The molecule has 1 heterocycles. The van der Waals surface area contributed by atoms with Crippen LogP contribution in [0.5, 0.6) is 0 Å². The van der Waals surface area contributed by atoms with Crippen molar-refractivity contribution in [2.24, 2.45) is 0 Å². The van der Waals surface area contributed by atoms with E-state index in [1.165, 1.54) is 0 Å². The van der Waals surface area contributed by atoms with Crippen LogP contribution in [0.2, 0.25) is 0 Å². The predicted octanol–water partition coefficient (Wildman–Crippen LogP) is 2.10. The summed E-state index contributed by atoms with van der Waals surface area (Å²) >= 11 is 1.10. The van der Waals surface area contributed by atoms with E-state index in [1.807, 2.05) is 30.3 Å². The molecule has 2 aromatic rings. The number of nitrogens with one attached hydrogen (secondary N) is 4. The van der Waals surface area contributed by atoms with Crippen molar-refractivity contribution < 1.29 is 23.2 Å². The smallest absolute Gasteiger partial charge is 0.234 e. The second-order valence-corrected chi connectivity index (χ2v) is 8.06. The predicted molar refractivity (Wildman–Crippen MR) is 114 cm³/mol. The number of thioether (sulfide) groups is 1. The van der Waals surface area contributed by atoms with E-state index in [4.69, 9.17) is 0 Å². The number of amides is 3. The first-order valence-electron chi connectivity index (χ1n) is 9.61. The standard InChI is InChI=1S/C21H22F2N4O3S/c22-14-6-7-17(16(23)8-14)26-20(30)12-31-21-25-15(10-19(29)27-21)9-18(28)24-11-13-4-2-1-3-5-13/h1-8,15,21,25H,9-12H2,(H,24,28)(H,26,30)(H,27,29). The van der Waals surface area contributed by atoms with Gasteiger partial charge in [-0.1, -0.05) is 30.3 Å². The van der Waals surface area contributed by atoms with Crippen molar-refractivity contribution in [2.75, 3.05) is 11.1 Å². The molecule has 0 aromatic heterocycles. The minimum Gasteiger partial charge on any atom is -0.352 e. The van der Waals surface area contributed by atoms with Crippen LogP contribution in [-0.2, 0) is 20.9 Å². The highest BCUT2D eigenvalue weighted by Crippen LogP contribution is 2.17. The van der Waals surface area contributed by atoms with Crippen LogP contribution < -0.4 is 21.3 Å². The molecule has 2 atom stereocenters. The molecule has 2 unspecified atom stereocenters. The third-order valence-corrected chi connectivity index (χ3v) is 5.48. The first kappa shape index (κ1) is 22.7. The SMILES string of the molecule is O=C(CC1CC(=O)NC(SCC(=O)Nc2ccc(F)cc2F)N1)NCc1ccccc1. The zero-order valence-electron chi connectivity index (χ0n) is 16.5. The molecule has 31 heavy (non-hydrogen) atoms. The van der Waals surface area contributed by atoms with Gasteiger partial charge < -0.3 is 16.0 Å². The molecule has 10 heteroatoms. The van der Waals surface area contributed by atoms with Crippen molar-refractivity contribution in [3.63, 3.8) is 0 Å². The lowest BCUT2D eigenvalue weighted by molar-refractivity contribution is -0.125. The lowest BCUT2D eigenvalue weighted by Crippen LogP contribution is -2.56. The highest BCUT2D eigenvalue weighted by Gasteiger charge is 2.28. The molecule has 3 rings (SSSR count). The Balaban J connectivity index is 1.43. The van der Waals surface area contributed by atoms with Gasteiger partial charge in [-0.05, 0) is 17.7 Å². The normalized spacial score (nSPS) is 18.2. The summed E-state index contributed by atoms with van der Waals surface area (Å²) in [5, 5.41) is 11.0. The summed E-state index contributed by atoms with van der Waals surface area (Å²) in [6.07, 6.45) is 0.257. The number of halogens is 2. The van der Waals surface area contributed by atoms with Crippen LogP contribution in [0.15, 0.2) is 48.5 Å². The van der Waals surface area contributed by atoms with E-state index in [1.54, 1.807) is 0 Å². The molecule has 1 aliphatic heterocycles. The molecule has 2 aromatic carbocycles. The molecule has 164 valence electrons. The van der Waals surface area contributed by atoms with Crippen molar-refractivity contribution in [1.29, 1.82) is 0 Å². The molecule has 3 amide bonds. The summed E-state index contributed by atoms with van der Waals surface area (Å²) in [5.74, 6) is -2.62. The Labute approximate surface area is 182 Å². The van der Waals surface area contributed by atoms with E-state index >= 15 is 0 Å². The minimum atomic E-state index is -0.871. The first-order chi connectivity index (χ1) is 14.9. The van der Waals surface area contributed by atoms with Gasteiger partial charge >= 0.3 is 0 Å². The summed E-state index contributed by atoms with van der Waals surface area (Å²) in [6.45, 7) is 0.400. The Hall–Kier alpha value is -2.98. The molecule has 0 radical (unpaired) electrons. The van der Waals surface area contributed by atoms with E-state index in [0.29, 0.717) is 12.6 Å². The van der Waals surface area contributed by atoms with Crippen LogP contribution >= 0.6 is 11.8 Å². The fourth-order valence-electron chi connectivity index (χ4n) is 2.99. The zero-order valence-corrected chi connectivity index (χ0v) is 17.3. The van der Waals surface area contributed by atoms with Gasteiger partial charge in [-0.3, -0.25) is 19.7 Å². The number of benzene rings is 2. The summed E-state index contributed by atoms with van der Waals surface area (Å²) in [5.41, 5.74) is 0.278. The van der Waals surface area contributed by atoms with E-state index in [2.05, 4.69) is 21.3 Å². The highest BCUT2D eigenvalue weighted by molar-refractivity contribution is 8.00. The van der Waals surface area contributed by atoms with Crippen molar-refractivity contribution in [3.8, 4) is 0 Å². The molecule has 1 fully saturated rings. The maximum Gasteiger partial charge on any atom is 0.234 e. The lowest BCUT2D eigenvalue weighted by atomic mass is 10.1. The molecular formula is C21H22F2N4O3S. The van der Waals surface area contributed by atoms with E-state index in [-0.39, 0.29) is 42.1 Å². The molecule has 0 bridgehead atoms. The lowest BCUT2D eigenvalue weighted by Gasteiger charge is -2.30. The topological polar surface area (TPSA) is 99.3 Å². The van der Waals surface area contributed by atoms with Gasteiger partial charge in [0, 0.05) is 31.5 Å². The Morgan fingerprint density at radius 1 is 1.10 bits per heavy atom. The minimum absolute atomic E-state index is 0.0817.